The average Bonchev–Trinajstić information content (AvgIpc) is 2.26. The molecule has 0 aromatic carbocycles. The SMILES string of the molecule is CCCNCC(C)c1c(C)nc(C2CCC2)nc1C. The molecule has 3 heteroatoms. The van der Waals surface area contributed by atoms with Crippen LogP contribution in [0.1, 0.15) is 74.1 Å². The zero-order chi connectivity index (χ0) is 13.8. The molecular weight excluding hydrogens is 234 g/mol. The smallest absolute Gasteiger partial charge is 0.131 e. The van der Waals surface area contributed by atoms with E-state index in [2.05, 4.69) is 33.0 Å². The lowest BCUT2D eigenvalue weighted by atomic mass is 9.84. The molecule has 106 valence electrons. The summed E-state index contributed by atoms with van der Waals surface area (Å²) in [7, 11) is 0. The predicted molar refractivity (Wildman–Crippen MR) is 79.7 cm³/mol. The second kappa shape index (κ2) is 6.47. The third-order valence-corrected chi connectivity index (χ3v) is 4.18. The van der Waals surface area contributed by atoms with Crippen LogP contribution in [-0.4, -0.2) is 23.1 Å². The summed E-state index contributed by atoms with van der Waals surface area (Å²) in [6.45, 7) is 10.9. The highest BCUT2D eigenvalue weighted by Gasteiger charge is 2.24. The van der Waals surface area contributed by atoms with Gasteiger partial charge in [0.25, 0.3) is 0 Å². The van der Waals surface area contributed by atoms with Crippen molar-refractivity contribution in [3.05, 3.63) is 22.8 Å². The van der Waals surface area contributed by atoms with Crippen LogP contribution < -0.4 is 5.32 Å². The third kappa shape index (κ3) is 3.33. The largest absolute Gasteiger partial charge is 0.316 e. The number of nitrogens with zero attached hydrogens (tertiary/aromatic N) is 2. The van der Waals surface area contributed by atoms with Crippen molar-refractivity contribution in [2.24, 2.45) is 0 Å². The monoisotopic (exact) mass is 261 g/mol. The van der Waals surface area contributed by atoms with Gasteiger partial charge in [0.15, 0.2) is 0 Å². The minimum absolute atomic E-state index is 0.488. The van der Waals surface area contributed by atoms with Crippen LogP contribution in [0.25, 0.3) is 0 Å². The second-order valence-electron chi connectivity index (χ2n) is 5.90. The van der Waals surface area contributed by atoms with Gasteiger partial charge >= 0.3 is 0 Å². The predicted octanol–water partition coefficient (Wildman–Crippen LogP) is 3.46. The van der Waals surface area contributed by atoms with Gasteiger partial charge in [0.1, 0.15) is 5.82 Å². The zero-order valence-electron chi connectivity index (χ0n) is 12.8. The molecule has 1 saturated carbocycles. The summed E-state index contributed by atoms with van der Waals surface area (Å²) in [4.78, 5) is 9.53. The molecule has 0 saturated heterocycles. The summed E-state index contributed by atoms with van der Waals surface area (Å²) in [6.07, 6.45) is 5.06. The van der Waals surface area contributed by atoms with E-state index in [9.17, 15) is 0 Å². The maximum absolute atomic E-state index is 4.77. The standard InChI is InChI=1S/C16H27N3/c1-5-9-17-10-11(2)15-12(3)18-16(19-13(15)4)14-7-6-8-14/h11,14,17H,5-10H2,1-4H3. The first-order valence-electron chi connectivity index (χ1n) is 7.69. The van der Waals surface area contributed by atoms with Crippen LogP contribution in [0.2, 0.25) is 0 Å². The molecule has 1 aromatic heterocycles. The highest BCUT2D eigenvalue weighted by molar-refractivity contribution is 5.29. The number of aromatic nitrogens is 2. The lowest BCUT2D eigenvalue weighted by Crippen LogP contribution is -2.23. The van der Waals surface area contributed by atoms with Gasteiger partial charge in [-0.15, -0.1) is 0 Å². The van der Waals surface area contributed by atoms with Crippen molar-refractivity contribution in [3.63, 3.8) is 0 Å². The minimum Gasteiger partial charge on any atom is -0.316 e. The quantitative estimate of drug-likeness (QED) is 0.797. The van der Waals surface area contributed by atoms with Gasteiger partial charge in [-0.1, -0.05) is 20.3 Å². The van der Waals surface area contributed by atoms with Gasteiger partial charge in [-0.2, -0.15) is 0 Å². The van der Waals surface area contributed by atoms with Crippen LogP contribution in [0.5, 0.6) is 0 Å². The number of hydrogen-bond acceptors (Lipinski definition) is 3. The van der Waals surface area contributed by atoms with Gasteiger partial charge in [-0.05, 0) is 51.1 Å². The molecule has 3 nitrogen and oxygen atoms in total. The molecule has 0 spiro atoms. The normalized spacial score (nSPS) is 17.3. The van der Waals surface area contributed by atoms with Gasteiger partial charge in [-0.25, -0.2) is 9.97 Å². The van der Waals surface area contributed by atoms with E-state index in [1.165, 1.54) is 42.6 Å². The first kappa shape index (κ1) is 14.4. The molecule has 1 fully saturated rings. The molecule has 1 aliphatic carbocycles. The number of aryl methyl sites for hydroxylation is 2. The van der Waals surface area contributed by atoms with Crippen molar-refractivity contribution in [1.82, 2.24) is 15.3 Å². The highest BCUT2D eigenvalue weighted by Crippen LogP contribution is 2.35. The Morgan fingerprint density at radius 1 is 1.21 bits per heavy atom. The molecule has 2 rings (SSSR count). The topological polar surface area (TPSA) is 37.8 Å². The Labute approximate surface area is 117 Å². The Morgan fingerprint density at radius 2 is 1.84 bits per heavy atom. The van der Waals surface area contributed by atoms with Gasteiger partial charge in [0.2, 0.25) is 0 Å². The van der Waals surface area contributed by atoms with E-state index in [1.54, 1.807) is 0 Å². The van der Waals surface area contributed by atoms with Crippen LogP contribution in [0, 0.1) is 13.8 Å². The first-order chi connectivity index (χ1) is 9.13. The maximum Gasteiger partial charge on any atom is 0.131 e. The molecule has 0 radical (unpaired) electrons. The number of hydrogen-bond donors (Lipinski definition) is 1. The molecule has 1 aromatic rings. The minimum atomic E-state index is 0.488. The molecule has 0 aliphatic heterocycles. The molecule has 0 bridgehead atoms. The van der Waals surface area contributed by atoms with E-state index in [0.717, 1.165) is 18.9 Å². The Hall–Kier alpha value is -0.960. The Bertz CT molecular complexity index is 401. The highest BCUT2D eigenvalue weighted by atomic mass is 14.9. The van der Waals surface area contributed by atoms with Crippen molar-refractivity contribution in [1.29, 1.82) is 0 Å². The summed E-state index contributed by atoms with van der Waals surface area (Å²) in [5.41, 5.74) is 3.70. The van der Waals surface area contributed by atoms with E-state index in [0.29, 0.717) is 11.8 Å². The first-order valence-corrected chi connectivity index (χ1v) is 7.69. The second-order valence-corrected chi connectivity index (χ2v) is 5.90. The van der Waals surface area contributed by atoms with Crippen LogP contribution >= 0.6 is 0 Å². The summed E-state index contributed by atoms with van der Waals surface area (Å²) in [5, 5.41) is 3.49. The lowest BCUT2D eigenvalue weighted by molar-refractivity contribution is 0.399. The van der Waals surface area contributed by atoms with Crippen molar-refractivity contribution in [2.75, 3.05) is 13.1 Å². The van der Waals surface area contributed by atoms with Crippen LogP contribution in [-0.2, 0) is 0 Å². The van der Waals surface area contributed by atoms with E-state index >= 15 is 0 Å². The zero-order valence-corrected chi connectivity index (χ0v) is 12.8. The number of nitrogens with one attached hydrogen (secondary N) is 1. The van der Waals surface area contributed by atoms with Crippen molar-refractivity contribution >= 4 is 0 Å². The van der Waals surface area contributed by atoms with Crippen molar-refractivity contribution in [3.8, 4) is 0 Å². The van der Waals surface area contributed by atoms with Crippen molar-refractivity contribution < 1.29 is 0 Å². The van der Waals surface area contributed by atoms with E-state index in [1.807, 2.05) is 0 Å². The Balaban J connectivity index is 2.11. The maximum atomic E-state index is 4.77. The summed E-state index contributed by atoms with van der Waals surface area (Å²) < 4.78 is 0. The molecule has 1 aliphatic rings. The fourth-order valence-electron chi connectivity index (χ4n) is 2.91. The van der Waals surface area contributed by atoms with Crippen LogP contribution in [0.15, 0.2) is 0 Å². The molecule has 1 N–H and O–H groups in total. The summed E-state index contributed by atoms with van der Waals surface area (Å²) in [6, 6.07) is 0. The van der Waals surface area contributed by atoms with E-state index < -0.39 is 0 Å². The van der Waals surface area contributed by atoms with Gasteiger partial charge in [-0.3, -0.25) is 0 Å². The van der Waals surface area contributed by atoms with Gasteiger partial charge in [0, 0.05) is 23.9 Å². The summed E-state index contributed by atoms with van der Waals surface area (Å²) in [5.74, 6) is 2.20. The summed E-state index contributed by atoms with van der Waals surface area (Å²) >= 11 is 0. The number of rotatable bonds is 6. The fourth-order valence-corrected chi connectivity index (χ4v) is 2.91. The Kier molecular flexibility index (Phi) is 4.92. The van der Waals surface area contributed by atoms with E-state index in [4.69, 9.17) is 9.97 Å². The molecule has 19 heavy (non-hydrogen) atoms. The fraction of sp³-hybridized carbons (Fsp3) is 0.750. The molecule has 0 amide bonds. The average molecular weight is 261 g/mol. The van der Waals surface area contributed by atoms with Crippen molar-refractivity contribution in [2.45, 2.75) is 65.2 Å². The lowest BCUT2D eigenvalue weighted by Gasteiger charge is -2.26. The van der Waals surface area contributed by atoms with Crippen LogP contribution in [0.3, 0.4) is 0 Å². The molecule has 1 atom stereocenters. The molecular formula is C16H27N3. The van der Waals surface area contributed by atoms with Crippen LogP contribution in [0.4, 0.5) is 0 Å². The van der Waals surface area contributed by atoms with E-state index in [-0.39, 0.29) is 0 Å². The molecule has 1 unspecified atom stereocenters. The van der Waals surface area contributed by atoms with Gasteiger partial charge in [0.05, 0.1) is 0 Å². The Morgan fingerprint density at radius 3 is 2.32 bits per heavy atom. The van der Waals surface area contributed by atoms with Gasteiger partial charge < -0.3 is 5.32 Å². The third-order valence-electron chi connectivity index (χ3n) is 4.18. The molecule has 1 heterocycles.